The van der Waals surface area contributed by atoms with Crippen molar-refractivity contribution in [2.24, 2.45) is 0 Å². The van der Waals surface area contributed by atoms with Gasteiger partial charge in [0.15, 0.2) is 0 Å². The molecule has 88 valence electrons. The van der Waals surface area contributed by atoms with Gasteiger partial charge < -0.3 is 10.1 Å². The lowest BCUT2D eigenvalue weighted by atomic mass is 10.1. The zero-order valence-corrected chi connectivity index (χ0v) is 9.92. The Labute approximate surface area is 92.6 Å². The van der Waals surface area contributed by atoms with Crippen LogP contribution in [-0.2, 0) is 9.53 Å². The number of ether oxygens (including phenoxy) is 1. The fraction of sp³-hybridized carbons (Fsp3) is 0.917. The molecule has 1 aliphatic rings. The molecule has 0 saturated heterocycles. The smallest absolute Gasteiger partial charge is 0.307 e. The molecular weight excluding hydrogens is 190 g/mol. The SMILES string of the molecule is COC(=O)CC(C)NC1CCCCCC1. The number of nitrogens with one attached hydrogen (secondary N) is 1. The Morgan fingerprint density at radius 2 is 1.93 bits per heavy atom. The van der Waals surface area contributed by atoms with Crippen molar-refractivity contribution < 1.29 is 9.53 Å². The summed E-state index contributed by atoms with van der Waals surface area (Å²) in [6, 6.07) is 0.840. The van der Waals surface area contributed by atoms with Gasteiger partial charge in [0.2, 0.25) is 0 Å². The summed E-state index contributed by atoms with van der Waals surface area (Å²) in [7, 11) is 1.45. The van der Waals surface area contributed by atoms with Crippen LogP contribution in [0.25, 0.3) is 0 Å². The number of carbonyl (C=O) groups is 1. The summed E-state index contributed by atoms with van der Waals surface area (Å²) in [4.78, 5) is 11.1. The van der Waals surface area contributed by atoms with E-state index in [9.17, 15) is 4.79 Å². The highest BCUT2D eigenvalue weighted by Crippen LogP contribution is 2.17. The Balaban J connectivity index is 2.23. The van der Waals surface area contributed by atoms with Gasteiger partial charge in [-0.25, -0.2) is 0 Å². The molecule has 1 atom stereocenters. The first-order valence-corrected chi connectivity index (χ1v) is 6.05. The van der Waals surface area contributed by atoms with Crippen molar-refractivity contribution in [2.75, 3.05) is 7.11 Å². The van der Waals surface area contributed by atoms with Crippen LogP contribution < -0.4 is 5.32 Å². The van der Waals surface area contributed by atoms with Crippen LogP contribution >= 0.6 is 0 Å². The van der Waals surface area contributed by atoms with Gasteiger partial charge in [-0.15, -0.1) is 0 Å². The van der Waals surface area contributed by atoms with Gasteiger partial charge in [0.05, 0.1) is 13.5 Å². The molecule has 1 unspecified atom stereocenters. The predicted molar refractivity (Wildman–Crippen MR) is 60.7 cm³/mol. The van der Waals surface area contributed by atoms with Gasteiger partial charge in [-0.1, -0.05) is 25.7 Å². The molecule has 15 heavy (non-hydrogen) atoms. The topological polar surface area (TPSA) is 38.3 Å². The molecule has 0 heterocycles. The summed E-state index contributed by atoms with van der Waals surface area (Å²) in [5.74, 6) is -0.122. The largest absolute Gasteiger partial charge is 0.469 e. The monoisotopic (exact) mass is 213 g/mol. The first-order valence-electron chi connectivity index (χ1n) is 6.05. The molecule has 0 aliphatic heterocycles. The third-order valence-electron chi connectivity index (χ3n) is 3.08. The van der Waals surface area contributed by atoms with E-state index < -0.39 is 0 Å². The standard InChI is InChI=1S/C12H23NO2/c1-10(9-12(14)15-2)13-11-7-5-3-4-6-8-11/h10-11,13H,3-9H2,1-2H3. The quantitative estimate of drug-likeness (QED) is 0.575. The molecule has 1 aliphatic carbocycles. The van der Waals surface area contributed by atoms with Crippen molar-refractivity contribution in [3.8, 4) is 0 Å². The molecule has 1 rings (SSSR count). The van der Waals surface area contributed by atoms with E-state index >= 15 is 0 Å². The second-order valence-corrected chi connectivity index (χ2v) is 4.54. The molecule has 0 aromatic heterocycles. The second kappa shape index (κ2) is 6.83. The molecule has 0 bridgehead atoms. The minimum absolute atomic E-state index is 0.122. The van der Waals surface area contributed by atoms with Gasteiger partial charge in [0.1, 0.15) is 0 Å². The van der Waals surface area contributed by atoms with E-state index in [2.05, 4.69) is 17.0 Å². The molecular formula is C12H23NO2. The maximum atomic E-state index is 11.1. The van der Waals surface area contributed by atoms with Gasteiger partial charge in [-0.05, 0) is 19.8 Å². The lowest BCUT2D eigenvalue weighted by Crippen LogP contribution is -2.37. The molecule has 1 N–H and O–H groups in total. The van der Waals surface area contributed by atoms with Gasteiger partial charge >= 0.3 is 5.97 Å². The Bertz CT molecular complexity index is 186. The number of hydrogen-bond acceptors (Lipinski definition) is 3. The maximum Gasteiger partial charge on any atom is 0.307 e. The average Bonchev–Trinajstić information content (AvgIpc) is 2.46. The fourth-order valence-corrected chi connectivity index (χ4v) is 2.24. The van der Waals surface area contributed by atoms with Gasteiger partial charge in [-0.2, -0.15) is 0 Å². The van der Waals surface area contributed by atoms with E-state index in [1.807, 2.05) is 0 Å². The third kappa shape index (κ3) is 5.17. The van der Waals surface area contributed by atoms with Crippen molar-refractivity contribution in [2.45, 2.75) is 64.0 Å². The number of carbonyl (C=O) groups excluding carboxylic acids is 1. The molecule has 3 heteroatoms. The molecule has 0 amide bonds. The maximum absolute atomic E-state index is 11.1. The summed E-state index contributed by atoms with van der Waals surface area (Å²) in [5.41, 5.74) is 0. The molecule has 0 radical (unpaired) electrons. The summed E-state index contributed by atoms with van der Waals surface area (Å²) in [5, 5.41) is 3.52. The third-order valence-corrected chi connectivity index (χ3v) is 3.08. The van der Waals surface area contributed by atoms with E-state index in [1.165, 1.54) is 45.6 Å². The lowest BCUT2D eigenvalue weighted by Gasteiger charge is -2.21. The zero-order chi connectivity index (χ0) is 11.1. The summed E-state index contributed by atoms with van der Waals surface area (Å²) < 4.78 is 4.66. The first kappa shape index (κ1) is 12.5. The molecule has 3 nitrogen and oxygen atoms in total. The van der Waals surface area contributed by atoms with Crippen LogP contribution in [-0.4, -0.2) is 25.2 Å². The fourth-order valence-electron chi connectivity index (χ4n) is 2.24. The average molecular weight is 213 g/mol. The molecule has 0 aromatic rings. The van der Waals surface area contributed by atoms with Crippen molar-refractivity contribution in [1.29, 1.82) is 0 Å². The second-order valence-electron chi connectivity index (χ2n) is 4.54. The van der Waals surface area contributed by atoms with Crippen molar-refractivity contribution in [1.82, 2.24) is 5.32 Å². The van der Waals surface area contributed by atoms with E-state index in [-0.39, 0.29) is 12.0 Å². The van der Waals surface area contributed by atoms with Crippen LogP contribution in [0.15, 0.2) is 0 Å². The summed E-state index contributed by atoms with van der Waals surface area (Å²) in [6.07, 6.45) is 8.36. The van der Waals surface area contributed by atoms with Gasteiger partial charge in [0.25, 0.3) is 0 Å². The molecule has 0 spiro atoms. The minimum Gasteiger partial charge on any atom is -0.469 e. The van der Waals surface area contributed by atoms with Crippen LogP contribution in [0, 0.1) is 0 Å². The van der Waals surface area contributed by atoms with Crippen LogP contribution in [0.5, 0.6) is 0 Å². The van der Waals surface area contributed by atoms with Crippen molar-refractivity contribution >= 4 is 5.97 Å². The van der Waals surface area contributed by atoms with E-state index in [4.69, 9.17) is 0 Å². The van der Waals surface area contributed by atoms with Crippen LogP contribution in [0.1, 0.15) is 51.9 Å². The number of esters is 1. The Hall–Kier alpha value is -0.570. The Kier molecular flexibility index (Phi) is 5.69. The summed E-state index contributed by atoms with van der Waals surface area (Å²) in [6.45, 7) is 2.06. The van der Waals surface area contributed by atoms with Crippen molar-refractivity contribution in [3.05, 3.63) is 0 Å². The van der Waals surface area contributed by atoms with Crippen LogP contribution in [0.2, 0.25) is 0 Å². The first-order chi connectivity index (χ1) is 7.22. The predicted octanol–water partition coefficient (Wildman–Crippen LogP) is 2.25. The highest BCUT2D eigenvalue weighted by Gasteiger charge is 2.16. The van der Waals surface area contributed by atoms with Crippen LogP contribution in [0.4, 0.5) is 0 Å². The minimum atomic E-state index is -0.122. The number of rotatable bonds is 4. The van der Waals surface area contributed by atoms with E-state index in [0.29, 0.717) is 12.5 Å². The Morgan fingerprint density at radius 1 is 1.33 bits per heavy atom. The van der Waals surface area contributed by atoms with Gasteiger partial charge in [-0.3, -0.25) is 4.79 Å². The van der Waals surface area contributed by atoms with E-state index in [0.717, 1.165) is 0 Å². The van der Waals surface area contributed by atoms with Crippen molar-refractivity contribution in [3.63, 3.8) is 0 Å². The van der Waals surface area contributed by atoms with Gasteiger partial charge in [0, 0.05) is 12.1 Å². The molecule has 1 fully saturated rings. The number of methoxy groups -OCH3 is 1. The highest BCUT2D eigenvalue weighted by atomic mass is 16.5. The summed E-state index contributed by atoms with van der Waals surface area (Å²) >= 11 is 0. The normalized spacial score (nSPS) is 20.7. The van der Waals surface area contributed by atoms with E-state index in [1.54, 1.807) is 0 Å². The zero-order valence-electron chi connectivity index (χ0n) is 9.92. The van der Waals surface area contributed by atoms with Crippen LogP contribution in [0.3, 0.4) is 0 Å². The Morgan fingerprint density at radius 3 is 2.47 bits per heavy atom. The molecule has 0 aromatic carbocycles. The highest BCUT2D eigenvalue weighted by molar-refractivity contribution is 5.69. The number of hydrogen-bond donors (Lipinski definition) is 1. The lowest BCUT2D eigenvalue weighted by molar-refractivity contribution is -0.141. The molecule has 1 saturated carbocycles.